The molecule has 2 heterocycles. The molecule has 0 bridgehead atoms. The van der Waals surface area contributed by atoms with Crippen molar-refractivity contribution >= 4 is 11.5 Å². The van der Waals surface area contributed by atoms with Gasteiger partial charge in [0.15, 0.2) is 5.69 Å². The van der Waals surface area contributed by atoms with Crippen LogP contribution in [0.25, 0.3) is 5.52 Å². The maximum absolute atomic E-state index is 10.7. The lowest BCUT2D eigenvalue weighted by Crippen LogP contribution is -1.97. The van der Waals surface area contributed by atoms with Gasteiger partial charge in [0.05, 0.1) is 5.52 Å². The maximum Gasteiger partial charge on any atom is 0.356 e. The van der Waals surface area contributed by atoms with Crippen molar-refractivity contribution in [1.29, 1.82) is 0 Å². The second kappa shape index (κ2) is 2.55. The van der Waals surface area contributed by atoms with Crippen LogP contribution in [0.15, 0.2) is 18.3 Å². The molecule has 0 aliphatic rings. The van der Waals surface area contributed by atoms with Crippen LogP contribution in [0.5, 0.6) is 0 Å². The zero-order valence-electron chi connectivity index (χ0n) is 6.93. The van der Waals surface area contributed by atoms with Gasteiger partial charge >= 0.3 is 5.97 Å². The maximum atomic E-state index is 10.7. The van der Waals surface area contributed by atoms with E-state index in [1.165, 1.54) is 4.52 Å². The number of carbonyl (C=O) groups is 1. The van der Waals surface area contributed by atoms with Gasteiger partial charge in [-0.25, -0.2) is 14.3 Å². The highest BCUT2D eigenvalue weighted by Crippen LogP contribution is 2.10. The number of aromatic carboxylic acids is 1. The molecule has 0 saturated carbocycles. The van der Waals surface area contributed by atoms with E-state index < -0.39 is 5.97 Å². The molecule has 0 radical (unpaired) electrons. The number of hydrogen-bond donors (Lipinski definition) is 1. The average molecular weight is 177 g/mol. The van der Waals surface area contributed by atoms with Crippen LogP contribution in [-0.4, -0.2) is 25.7 Å². The number of aryl methyl sites for hydroxylation is 1. The Morgan fingerprint density at radius 2 is 2.38 bits per heavy atom. The van der Waals surface area contributed by atoms with Gasteiger partial charge in [0.25, 0.3) is 0 Å². The molecule has 1 N–H and O–H groups in total. The summed E-state index contributed by atoms with van der Waals surface area (Å²) in [4.78, 5) is 14.6. The normalized spacial score (nSPS) is 10.5. The monoisotopic (exact) mass is 177 g/mol. The van der Waals surface area contributed by atoms with Crippen LogP contribution >= 0.6 is 0 Å². The summed E-state index contributed by atoms with van der Waals surface area (Å²) in [5, 5.41) is 12.8. The highest BCUT2D eigenvalue weighted by atomic mass is 16.4. The lowest BCUT2D eigenvalue weighted by atomic mass is 10.3. The molecule has 0 atom stereocenters. The summed E-state index contributed by atoms with van der Waals surface area (Å²) in [5.41, 5.74) is 0.568. The van der Waals surface area contributed by atoms with Crippen molar-refractivity contribution in [3.05, 3.63) is 29.8 Å². The largest absolute Gasteiger partial charge is 0.476 e. The van der Waals surface area contributed by atoms with Gasteiger partial charge in [0, 0.05) is 6.20 Å². The molecule has 0 aromatic carbocycles. The van der Waals surface area contributed by atoms with Crippen LogP contribution in [-0.2, 0) is 0 Å². The van der Waals surface area contributed by atoms with E-state index in [2.05, 4.69) is 10.1 Å². The van der Waals surface area contributed by atoms with Gasteiger partial charge in [-0.05, 0) is 19.1 Å². The molecule has 2 aromatic rings. The number of carboxylic acids is 1. The van der Waals surface area contributed by atoms with Gasteiger partial charge < -0.3 is 5.11 Å². The van der Waals surface area contributed by atoms with Crippen molar-refractivity contribution in [3.8, 4) is 0 Å². The van der Waals surface area contributed by atoms with E-state index in [0.717, 1.165) is 0 Å². The van der Waals surface area contributed by atoms with Crippen LogP contribution < -0.4 is 0 Å². The third-order valence-electron chi connectivity index (χ3n) is 1.78. The molecule has 0 amide bonds. The first-order chi connectivity index (χ1) is 6.20. The van der Waals surface area contributed by atoms with E-state index >= 15 is 0 Å². The second-order valence-electron chi connectivity index (χ2n) is 2.63. The summed E-state index contributed by atoms with van der Waals surface area (Å²) < 4.78 is 1.50. The van der Waals surface area contributed by atoms with E-state index in [0.29, 0.717) is 11.3 Å². The smallest absolute Gasteiger partial charge is 0.356 e. The average Bonchev–Trinajstić information content (AvgIpc) is 2.45. The van der Waals surface area contributed by atoms with Crippen molar-refractivity contribution in [1.82, 2.24) is 14.6 Å². The van der Waals surface area contributed by atoms with Gasteiger partial charge in [-0.15, -0.1) is 0 Å². The summed E-state index contributed by atoms with van der Waals surface area (Å²) >= 11 is 0. The fourth-order valence-electron chi connectivity index (χ4n) is 1.23. The van der Waals surface area contributed by atoms with Crippen molar-refractivity contribution in [2.75, 3.05) is 0 Å². The topological polar surface area (TPSA) is 67.5 Å². The van der Waals surface area contributed by atoms with Crippen molar-refractivity contribution < 1.29 is 9.90 Å². The van der Waals surface area contributed by atoms with E-state index in [4.69, 9.17) is 5.11 Å². The molecule has 5 heteroatoms. The van der Waals surface area contributed by atoms with E-state index in [1.807, 2.05) is 0 Å². The van der Waals surface area contributed by atoms with Crippen LogP contribution in [0.1, 0.15) is 16.3 Å². The van der Waals surface area contributed by atoms with Crippen LogP contribution in [0.3, 0.4) is 0 Å². The van der Waals surface area contributed by atoms with Gasteiger partial charge in [0.1, 0.15) is 5.82 Å². The molecule has 0 aliphatic carbocycles. The molecule has 0 aliphatic heterocycles. The number of nitrogens with zero attached hydrogens (tertiary/aromatic N) is 3. The van der Waals surface area contributed by atoms with E-state index in [1.54, 1.807) is 25.3 Å². The summed E-state index contributed by atoms with van der Waals surface area (Å²) in [5.74, 6) is -0.452. The zero-order chi connectivity index (χ0) is 9.42. The van der Waals surface area contributed by atoms with Crippen LogP contribution in [0.2, 0.25) is 0 Å². The molecule has 13 heavy (non-hydrogen) atoms. The van der Waals surface area contributed by atoms with Gasteiger partial charge in [-0.1, -0.05) is 0 Å². The van der Waals surface area contributed by atoms with E-state index in [9.17, 15) is 4.79 Å². The lowest BCUT2D eigenvalue weighted by Gasteiger charge is -1.91. The van der Waals surface area contributed by atoms with Crippen molar-refractivity contribution in [2.24, 2.45) is 0 Å². The Balaban J connectivity index is 2.85. The Kier molecular flexibility index (Phi) is 1.51. The highest BCUT2D eigenvalue weighted by molar-refractivity contribution is 5.93. The molecule has 0 fully saturated rings. The number of aromatic nitrogens is 3. The third-order valence-corrected chi connectivity index (χ3v) is 1.78. The Morgan fingerprint density at radius 3 is 3.08 bits per heavy atom. The molecule has 5 nitrogen and oxygen atoms in total. The molecule has 0 spiro atoms. The van der Waals surface area contributed by atoms with Crippen LogP contribution in [0, 0.1) is 6.92 Å². The summed E-state index contributed by atoms with van der Waals surface area (Å²) in [6.45, 7) is 1.71. The first-order valence-electron chi connectivity index (χ1n) is 3.74. The number of fused-ring (bicyclic) bond motifs is 1. The quantitative estimate of drug-likeness (QED) is 0.697. The predicted molar refractivity (Wildman–Crippen MR) is 44.7 cm³/mol. The second-order valence-corrected chi connectivity index (χ2v) is 2.63. The summed E-state index contributed by atoms with van der Waals surface area (Å²) in [6.07, 6.45) is 1.59. The minimum absolute atomic E-state index is 0.0469. The van der Waals surface area contributed by atoms with Crippen molar-refractivity contribution in [3.63, 3.8) is 0 Å². The Bertz CT molecular complexity index is 475. The molecule has 0 unspecified atom stereocenters. The number of carboxylic acid groups (broad SMARTS) is 1. The molecular formula is C8H7N3O2. The first-order valence-corrected chi connectivity index (χ1v) is 3.74. The molecule has 0 saturated heterocycles. The lowest BCUT2D eigenvalue weighted by molar-refractivity contribution is 0.0693. The molecule has 2 aromatic heterocycles. The minimum Gasteiger partial charge on any atom is -0.476 e. The fourth-order valence-corrected chi connectivity index (χ4v) is 1.23. The highest BCUT2D eigenvalue weighted by Gasteiger charge is 2.13. The van der Waals surface area contributed by atoms with Gasteiger partial charge in [0.2, 0.25) is 0 Å². The number of imidazole rings is 1. The summed E-state index contributed by atoms with van der Waals surface area (Å²) in [7, 11) is 0. The molecular weight excluding hydrogens is 170 g/mol. The minimum atomic E-state index is -1.03. The summed E-state index contributed by atoms with van der Waals surface area (Å²) in [6, 6.07) is 3.36. The van der Waals surface area contributed by atoms with Gasteiger partial charge in [-0.2, -0.15) is 5.10 Å². The Hall–Kier alpha value is -1.91. The molecule has 66 valence electrons. The molecule has 2 rings (SSSR count). The zero-order valence-corrected chi connectivity index (χ0v) is 6.93. The third kappa shape index (κ3) is 1.05. The van der Waals surface area contributed by atoms with E-state index in [-0.39, 0.29) is 5.69 Å². The first kappa shape index (κ1) is 7.72. The van der Waals surface area contributed by atoms with Crippen molar-refractivity contribution in [2.45, 2.75) is 6.92 Å². The van der Waals surface area contributed by atoms with Crippen LogP contribution in [0.4, 0.5) is 0 Å². The predicted octanol–water partition coefficient (Wildman–Crippen LogP) is 0.736. The van der Waals surface area contributed by atoms with Gasteiger partial charge in [-0.3, -0.25) is 0 Å². The Morgan fingerprint density at radius 1 is 1.62 bits per heavy atom. The fraction of sp³-hybridized carbons (Fsp3) is 0.125. The number of rotatable bonds is 1. The standard InChI is InChI=1S/C8H7N3O2/c1-5-10-7(8(12)13)6-3-2-4-9-11(5)6/h2-4H,1H3,(H,12,13). The SMILES string of the molecule is Cc1nc(C(=O)O)c2cccnn12. The Labute approximate surface area is 73.6 Å². The number of hydrogen-bond acceptors (Lipinski definition) is 3.